The minimum absolute atomic E-state index is 0.174. The number of alkyl halides is 1. The standard InChI is InChI=1S/C29H42FN7O2/c1-6-17-31-27-22(21-33-29(35-27)34-24-15-11-14-23(30)20-24)13-9-8-10-18-32-28(39)25(7-2)37(5)26(38)16-12-19-36(3)4/h11-12,15-16,20-21,23,25H,6-8,10,14,17-19H2,1-5H3,(H,32,39)(H2,31,33,34,35)/b16-12+/t23?,25-/m0/s1. The van der Waals surface area contributed by atoms with Crippen LogP contribution in [0.4, 0.5) is 16.2 Å². The topological polar surface area (TPSA) is 102 Å². The first kappa shape index (κ1) is 31.5. The molecule has 1 aliphatic rings. The van der Waals surface area contributed by atoms with Crippen LogP contribution in [-0.4, -0.2) is 84.6 Å². The van der Waals surface area contributed by atoms with Crippen molar-refractivity contribution in [3.63, 3.8) is 0 Å². The van der Waals surface area contributed by atoms with Crippen LogP contribution in [0.2, 0.25) is 0 Å². The largest absolute Gasteiger partial charge is 0.369 e. The number of halogens is 1. The molecular formula is C29H42FN7O2. The lowest BCUT2D eigenvalue weighted by atomic mass is 10.1. The van der Waals surface area contributed by atoms with Gasteiger partial charge in [0, 0.05) is 51.3 Å². The van der Waals surface area contributed by atoms with Gasteiger partial charge in [-0.1, -0.05) is 37.8 Å². The molecule has 9 nitrogen and oxygen atoms in total. The smallest absolute Gasteiger partial charge is 0.246 e. The normalized spacial score (nSPS) is 15.4. The molecule has 0 spiro atoms. The fraction of sp³-hybridized carbons (Fsp3) is 0.517. The maximum Gasteiger partial charge on any atom is 0.246 e. The number of allylic oxidation sites excluding steroid dienone is 3. The third-order valence-corrected chi connectivity index (χ3v) is 5.84. The molecule has 1 heterocycles. The van der Waals surface area contributed by atoms with Gasteiger partial charge in [-0.15, -0.1) is 0 Å². The van der Waals surface area contributed by atoms with Crippen LogP contribution >= 0.6 is 0 Å². The first-order valence-electron chi connectivity index (χ1n) is 13.5. The van der Waals surface area contributed by atoms with E-state index in [4.69, 9.17) is 0 Å². The molecule has 2 amide bonds. The molecule has 0 aromatic carbocycles. The summed E-state index contributed by atoms with van der Waals surface area (Å²) >= 11 is 0. The van der Waals surface area contributed by atoms with E-state index in [0.717, 1.165) is 13.0 Å². The molecule has 1 aromatic rings. The van der Waals surface area contributed by atoms with Gasteiger partial charge >= 0.3 is 0 Å². The average Bonchev–Trinajstić information content (AvgIpc) is 2.90. The third-order valence-electron chi connectivity index (χ3n) is 5.84. The van der Waals surface area contributed by atoms with Crippen molar-refractivity contribution in [1.29, 1.82) is 0 Å². The Bertz CT molecular complexity index is 1100. The fourth-order valence-electron chi connectivity index (χ4n) is 3.70. The van der Waals surface area contributed by atoms with Crippen molar-refractivity contribution in [2.75, 3.05) is 51.4 Å². The summed E-state index contributed by atoms with van der Waals surface area (Å²) in [4.78, 5) is 37.3. The Morgan fingerprint density at radius 1 is 1.26 bits per heavy atom. The van der Waals surface area contributed by atoms with Crippen molar-refractivity contribution < 1.29 is 14.0 Å². The molecule has 0 bridgehead atoms. The van der Waals surface area contributed by atoms with E-state index in [0.29, 0.717) is 61.8 Å². The lowest BCUT2D eigenvalue weighted by molar-refractivity contribution is -0.135. The summed E-state index contributed by atoms with van der Waals surface area (Å²) in [6.45, 7) is 5.79. The van der Waals surface area contributed by atoms with Gasteiger partial charge in [-0.05, 0) is 45.5 Å². The van der Waals surface area contributed by atoms with Crippen molar-refractivity contribution in [2.45, 2.75) is 58.2 Å². The Kier molecular flexibility index (Phi) is 13.7. The average molecular weight is 540 g/mol. The quantitative estimate of drug-likeness (QED) is 0.189. The molecule has 0 saturated carbocycles. The minimum atomic E-state index is -1.02. The lowest BCUT2D eigenvalue weighted by Crippen LogP contribution is -2.47. The second-order valence-corrected chi connectivity index (χ2v) is 9.52. The van der Waals surface area contributed by atoms with Gasteiger partial charge in [0.2, 0.25) is 17.8 Å². The zero-order valence-electron chi connectivity index (χ0n) is 23.8. The van der Waals surface area contributed by atoms with E-state index in [9.17, 15) is 14.0 Å². The van der Waals surface area contributed by atoms with Gasteiger partial charge in [0.1, 0.15) is 18.0 Å². The number of hydrogen-bond donors (Lipinski definition) is 3. The summed E-state index contributed by atoms with van der Waals surface area (Å²) in [5.74, 6) is 6.85. The Labute approximate surface area is 232 Å². The van der Waals surface area contributed by atoms with Gasteiger partial charge in [0.15, 0.2) is 0 Å². The van der Waals surface area contributed by atoms with Crippen LogP contribution in [0.15, 0.2) is 42.3 Å². The second kappa shape index (κ2) is 17.0. The predicted octanol–water partition coefficient (Wildman–Crippen LogP) is 3.50. The molecule has 0 radical (unpaired) electrons. The fourth-order valence-corrected chi connectivity index (χ4v) is 3.70. The summed E-state index contributed by atoms with van der Waals surface area (Å²) in [6.07, 6.45) is 12.1. The van der Waals surface area contributed by atoms with Crippen LogP contribution in [0.3, 0.4) is 0 Å². The molecule has 0 fully saturated rings. The molecular weight excluding hydrogens is 497 g/mol. The summed E-state index contributed by atoms with van der Waals surface area (Å²) < 4.78 is 13.6. The van der Waals surface area contributed by atoms with Crippen LogP contribution < -0.4 is 16.0 Å². The number of nitrogens with one attached hydrogen (secondary N) is 3. The maximum absolute atomic E-state index is 13.6. The predicted molar refractivity (Wildman–Crippen MR) is 155 cm³/mol. The number of aromatic nitrogens is 2. The van der Waals surface area contributed by atoms with Crippen LogP contribution in [0, 0.1) is 11.8 Å². The van der Waals surface area contributed by atoms with E-state index in [1.165, 1.54) is 17.1 Å². The number of carbonyl (C=O) groups excluding carboxylic acids is 2. The number of likely N-dealkylation sites (N-methyl/N-ethyl adjacent to an activating group) is 2. The molecule has 0 saturated heterocycles. The molecule has 1 aliphatic carbocycles. The highest BCUT2D eigenvalue weighted by molar-refractivity contribution is 5.92. The van der Waals surface area contributed by atoms with Gasteiger partial charge in [-0.2, -0.15) is 4.98 Å². The van der Waals surface area contributed by atoms with Crippen molar-refractivity contribution >= 4 is 23.6 Å². The summed E-state index contributed by atoms with van der Waals surface area (Å²) in [5, 5.41) is 9.23. The maximum atomic E-state index is 13.6. The molecule has 0 aliphatic heterocycles. The number of rotatable bonds is 14. The van der Waals surface area contributed by atoms with Gasteiger partial charge in [0.05, 0.1) is 11.8 Å². The van der Waals surface area contributed by atoms with E-state index < -0.39 is 12.2 Å². The molecule has 3 N–H and O–H groups in total. The first-order chi connectivity index (χ1) is 18.7. The highest BCUT2D eigenvalue weighted by atomic mass is 19.1. The number of anilines is 2. The lowest BCUT2D eigenvalue weighted by Gasteiger charge is -2.25. The van der Waals surface area contributed by atoms with Gasteiger partial charge in [-0.25, -0.2) is 9.37 Å². The molecule has 39 heavy (non-hydrogen) atoms. The Morgan fingerprint density at radius 3 is 2.74 bits per heavy atom. The Hall–Kier alpha value is -3.71. The minimum Gasteiger partial charge on any atom is -0.369 e. The monoisotopic (exact) mass is 539 g/mol. The first-order valence-corrected chi connectivity index (χ1v) is 13.5. The zero-order chi connectivity index (χ0) is 28.6. The number of carbonyl (C=O) groups is 2. The number of hydrogen-bond acceptors (Lipinski definition) is 7. The van der Waals surface area contributed by atoms with Crippen LogP contribution in [0.5, 0.6) is 0 Å². The zero-order valence-corrected chi connectivity index (χ0v) is 23.8. The van der Waals surface area contributed by atoms with Crippen LogP contribution in [0.1, 0.15) is 51.5 Å². The third kappa shape index (κ3) is 11.3. The summed E-state index contributed by atoms with van der Waals surface area (Å²) in [7, 11) is 5.50. The van der Waals surface area contributed by atoms with E-state index in [-0.39, 0.29) is 11.8 Å². The molecule has 10 heteroatoms. The Balaban J connectivity index is 1.89. The van der Waals surface area contributed by atoms with Crippen molar-refractivity contribution in [3.05, 3.63) is 47.8 Å². The highest BCUT2D eigenvalue weighted by Crippen LogP contribution is 2.18. The second-order valence-electron chi connectivity index (χ2n) is 9.52. The van der Waals surface area contributed by atoms with Gasteiger partial charge < -0.3 is 25.8 Å². The van der Waals surface area contributed by atoms with E-state index in [2.05, 4.69) is 44.7 Å². The summed E-state index contributed by atoms with van der Waals surface area (Å²) in [6, 6.07) is -0.528. The van der Waals surface area contributed by atoms with E-state index in [1.807, 2.05) is 32.0 Å². The highest BCUT2D eigenvalue weighted by Gasteiger charge is 2.23. The van der Waals surface area contributed by atoms with Crippen molar-refractivity contribution in [2.24, 2.45) is 0 Å². The molecule has 2 rings (SSSR count). The Morgan fingerprint density at radius 2 is 2.05 bits per heavy atom. The molecule has 2 atom stereocenters. The SMILES string of the molecule is CCCNc1nc(NC2=CC(F)CC=C2)ncc1C#CCCCNC(=O)[C@H](CC)N(C)C(=O)/C=C/CN(C)C. The van der Waals surface area contributed by atoms with Crippen LogP contribution in [-0.2, 0) is 9.59 Å². The molecule has 1 unspecified atom stereocenters. The van der Waals surface area contributed by atoms with Crippen molar-refractivity contribution in [1.82, 2.24) is 25.1 Å². The summed E-state index contributed by atoms with van der Waals surface area (Å²) in [5.41, 5.74) is 1.29. The number of unbranched alkanes of at least 4 members (excludes halogenated alkanes) is 1. The van der Waals surface area contributed by atoms with E-state index in [1.54, 1.807) is 25.4 Å². The number of nitrogens with zero attached hydrogens (tertiary/aromatic N) is 4. The van der Waals surface area contributed by atoms with E-state index >= 15 is 0 Å². The van der Waals surface area contributed by atoms with Crippen LogP contribution in [0.25, 0.3) is 0 Å². The van der Waals surface area contributed by atoms with Gasteiger partial charge in [0.25, 0.3) is 0 Å². The van der Waals surface area contributed by atoms with Gasteiger partial charge in [-0.3, -0.25) is 9.59 Å². The number of amides is 2. The van der Waals surface area contributed by atoms with Crippen molar-refractivity contribution in [3.8, 4) is 11.8 Å². The molecule has 1 aromatic heterocycles. The molecule has 212 valence electrons.